The lowest BCUT2D eigenvalue weighted by Gasteiger charge is -2.45. The van der Waals surface area contributed by atoms with Crippen LogP contribution in [-0.2, 0) is 152 Å². The third kappa shape index (κ3) is 28.4. The number of aryl methyl sites for hydroxylation is 1. The van der Waals surface area contributed by atoms with Crippen molar-refractivity contribution >= 4 is 75.8 Å². The first kappa shape index (κ1) is 105. The largest absolute Gasteiger partial charge is 0.508 e. The number of cyclic esters (lactones) is 1. The Kier molecular flexibility index (Phi) is 41.3. The molecule has 11 rings (SSSR count). The maximum atomic E-state index is 14.1. The van der Waals surface area contributed by atoms with Crippen LogP contribution >= 0.6 is 11.8 Å². The molecule has 4 aromatic rings. The number of nitrogens with zero attached hydrogens (tertiary/aromatic N) is 6. The van der Waals surface area contributed by atoms with E-state index in [9.17, 15) is 93.9 Å². The van der Waals surface area contributed by atoms with Crippen LogP contribution in [-0.4, -0.2) is 365 Å². The van der Waals surface area contributed by atoms with Crippen LogP contribution in [0.4, 0.5) is 0 Å². The number of phenolic OH excluding ortho intramolecular Hbond substituents is 1. The topological polar surface area (TPSA) is 591 Å². The number of carbonyl (C=O) groups excluding carboxylic acids is 9. The molecule has 6 aliphatic heterocycles. The Balaban J connectivity index is 0.510. The van der Waals surface area contributed by atoms with Gasteiger partial charge in [0.1, 0.15) is 117 Å². The molecule has 13 N–H and O–H groups in total. The van der Waals surface area contributed by atoms with Crippen molar-refractivity contribution in [2.24, 2.45) is 11.8 Å². The number of aromatic nitrogens is 5. The number of ether oxygens (including phenoxy) is 15. The summed E-state index contributed by atoms with van der Waals surface area (Å²) < 4.78 is 88.9. The van der Waals surface area contributed by atoms with Crippen molar-refractivity contribution in [3.8, 4) is 17.1 Å². The first-order valence-electron chi connectivity index (χ1n) is 45.6. The normalized spacial score (nSPS) is 26.8. The van der Waals surface area contributed by atoms with Crippen LogP contribution in [0, 0.1) is 11.8 Å². The van der Waals surface area contributed by atoms with E-state index in [4.69, 9.17) is 76.0 Å². The molecule has 3 aromatic heterocycles. The number of aromatic hydroxyl groups is 1. The number of amides is 6. The molecule has 6 amide bonds. The lowest BCUT2D eigenvalue weighted by Crippen LogP contribution is -2.63. The Morgan fingerprint density at radius 2 is 1.22 bits per heavy atom. The molecule has 44 nitrogen and oxygen atoms in total. The Morgan fingerprint density at radius 1 is 0.617 bits per heavy atom. The fourth-order valence-electron chi connectivity index (χ4n) is 17.2. The van der Waals surface area contributed by atoms with Gasteiger partial charge in [-0.25, -0.2) is 14.5 Å². The molecule has 4 saturated heterocycles. The number of ketones is 1. The summed E-state index contributed by atoms with van der Waals surface area (Å²) in [4.78, 5) is 136. The summed E-state index contributed by atoms with van der Waals surface area (Å²) in [6.45, 7) is 3.24. The molecule has 7 aliphatic rings. The molecule has 45 heteroatoms. The maximum Gasteiger partial charge on any atom is 0.355 e. The van der Waals surface area contributed by atoms with Gasteiger partial charge in [0.25, 0.3) is 5.56 Å². The fraction of sp³-hybridized carbons (Fsp3) is 0.716. The zero-order chi connectivity index (χ0) is 95.3. The molecule has 1 unspecified atom stereocenters. The minimum atomic E-state index is -2.02. The summed E-state index contributed by atoms with van der Waals surface area (Å²) in [5.41, 5.74) is 1.58. The number of likely N-dealkylation sites (tertiary alicyclic amines) is 1. The number of aliphatic hydroxyl groups excluding tert-OH is 8. The van der Waals surface area contributed by atoms with E-state index in [0.29, 0.717) is 113 Å². The number of unbranched alkanes of at least 4 members (excludes halogenated alkanes) is 4. The Hall–Kier alpha value is -8.34. The van der Waals surface area contributed by atoms with Gasteiger partial charge >= 0.3 is 11.9 Å². The van der Waals surface area contributed by atoms with Crippen molar-refractivity contribution in [3.63, 3.8) is 0 Å². The fourth-order valence-corrected chi connectivity index (χ4v) is 17.8. The second-order valence-corrected chi connectivity index (χ2v) is 34.7. The molecule has 0 spiro atoms. The van der Waals surface area contributed by atoms with Gasteiger partial charge in [0, 0.05) is 94.7 Å². The zero-order valence-electron chi connectivity index (χ0n) is 75.4. The van der Waals surface area contributed by atoms with Crippen molar-refractivity contribution in [3.05, 3.63) is 68.8 Å². The summed E-state index contributed by atoms with van der Waals surface area (Å²) in [5.74, 6) is -3.38. The second-order valence-electron chi connectivity index (χ2n) is 33.7. The quantitative estimate of drug-likeness (QED) is 0.0115. The van der Waals surface area contributed by atoms with Gasteiger partial charge in [-0.15, -0.1) is 5.10 Å². The van der Waals surface area contributed by atoms with Crippen LogP contribution in [0.15, 0.2) is 35.3 Å². The average molecular weight is 1900 g/mol. The molecule has 133 heavy (non-hydrogen) atoms. The number of thioether (sulfide) groups is 1. The first-order valence-corrected chi connectivity index (χ1v) is 46.9. The molecule has 5 fully saturated rings. The van der Waals surface area contributed by atoms with Gasteiger partial charge in [0.15, 0.2) is 18.9 Å². The predicted octanol–water partition coefficient (Wildman–Crippen LogP) is -1.85. The zero-order valence-corrected chi connectivity index (χ0v) is 76.2. The number of hydrogen-bond donors (Lipinski definition) is 13. The standard InChI is InChI=1S/C88H128N10O34S/c1-5-54-55-36-53(100)21-22-59(55)93-72-56(54)43-97-60(72)37-58-57(82(97)115)45-128-87(117)88(58,6-2)132-71(107)40-92-69(105)49-123-48-68(104)90-24-30-121-34-35-122-31-25-96-42-52(94-95-96)39-91-67(103)16-10-8-12-27-124-80-63(130-84(118-3)78(113)75(80)110)46-127-86-79(114)76(111)81(64(131-86)47-126-85-77(112)74(109)73(108)62(44-99)129-85)125-28-11-7-9-15-66(102)89-23-29-120-33-32-119-26-13-14-61(101)51-19-17-50(18-20-51)41-98-70(106)38-65(133-4)83(98)116/h21-22,36-37,42,50-51,62-65,73-81,84-86,99-100,108-114H,5-20,23-35,38-41,43-49H2,1-4H3,(H,89,102)(H,90,104)(H,91,103)(H,92,105)/t50?,51?,62-,63-,64-,65?,73-,74-,75+,76+,77-,78-,79-,80-,81-,84+,85+,86+,88+/m1/s1. The van der Waals surface area contributed by atoms with Crippen LogP contribution in [0.1, 0.15) is 145 Å². The number of esters is 2. The van der Waals surface area contributed by atoms with Crippen molar-refractivity contribution in [2.45, 2.75) is 252 Å². The lowest BCUT2D eigenvalue weighted by atomic mass is 9.79. The van der Waals surface area contributed by atoms with Crippen LogP contribution in [0.5, 0.6) is 5.75 Å². The van der Waals surface area contributed by atoms with Gasteiger partial charge in [-0.1, -0.05) is 31.9 Å². The van der Waals surface area contributed by atoms with Gasteiger partial charge in [-0.05, 0) is 113 Å². The smallest absolute Gasteiger partial charge is 0.355 e. The van der Waals surface area contributed by atoms with E-state index in [0.717, 1.165) is 42.2 Å². The van der Waals surface area contributed by atoms with E-state index < -0.39 is 167 Å². The van der Waals surface area contributed by atoms with E-state index in [1.54, 1.807) is 36.0 Å². The van der Waals surface area contributed by atoms with Crippen molar-refractivity contribution < 1.29 is 160 Å². The van der Waals surface area contributed by atoms with Gasteiger partial charge in [0.05, 0.1) is 120 Å². The number of rotatable bonds is 56. The Labute approximate surface area is 771 Å². The van der Waals surface area contributed by atoms with Crippen molar-refractivity contribution in [1.82, 2.24) is 50.7 Å². The Bertz CT molecular complexity index is 4560. The highest BCUT2D eigenvalue weighted by atomic mass is 32.2. The van der Waals surface area contributed by atoms with E-state index in [2.05, 4.69) is 31.6 Å². The molecule has 0 bridgehead atoms. The number of Topliss-reactive ketones (excluding diaryl/α,β-unsaturated/α-hetero) is 1. The highest BCUT2D eigenvalue weighted by Crippen LogP contribution is 2.44. The van der Waals surface area contributed by atoms with Gasteiger partial charge in [-0.2, -0.15) is 11.8 Å². The molecule has 740 valence electrons. The van der Waals surface area contributed by atoms with Gasteiger partial charge in [0.2, 0.25) is 41.0 Å². The van der Waals surface area contributed by atoms with E-state index in [1.165, 1.54) is 34.4 Å². The average Bonchev–Trinajstić information content (AvgIpc) is 1.59. The summed E-state index contributed by atoms with van der Waals surface area (Å²) in [5, 5.41) is 116. The molecule has 17 atom stereocenters. The minimum Gasteiger partial charge on any atom is -0.508 e. The first-order chi connectivity index (χ1) is 64.2. The maximum absolute atomic E-state index is 14.1. The highest BCUT2D eigenvalue weighted by molar-refractivity contribution is 8.00. The summed E-state index contributed by atoms with van der Waals surface area (Å²) in [6.07, 6.45) is -11.5. The minimum absolute atomic E-state index is 0.000723. The SMILES string of the molecule is CCc1c2c(nc3ccc(O)cc13)-c1cc3c(c(=O)n1C2)COC(=O)[C@@]3(CC)OC(=O)CNC(=O)COCC(=O)NCCOCCOCCn1cc(CNC(=O)CCCCCO[C@H]2[C@@H](O)[C@@H](O)[C@@H](OC)O[C@@H]2CO[C@H]2O[C@H](CO[C@H]3O[C@H](CO)[C@@H](O)[C@@H](O)[C@H]3O)[C@@H](OCCCCCC(=O)NCCOCCOCCCC(=O)C3CCC(CN4C(=O)CC(SC)C4=O)CC3)[C@@H](O)[C@H]2O)nn1. The van der Waals surface area contributed by atoms with E-state index >= 15 is 0 Å². The highest BCUT2D eigenvalue weighted by Gasteiger charge is 2.53. The number of imide groups is 1. The Morgan fingerprint density at radius 3 is 1.84 bits per heavy atom. The number of methoxy groups -OCH3 is 1. The summed E-state index contributed by atoms with van der Waals surface area (Å²) in [7, 11) is 1.25. The molecule has 9 heterocycles. The third-order valence-corrected chi connectivity index (χ3v) is 25.5. The number of carbonyl (C=O) groups is 9. The number of pyridine rings is 2. The van der Waals surface area contributed by atoms with Crippen LogP contribution in [0.2, 0.25) is 0 Å². The monoisotopic (exact) mass is 1900 g/mol. The van der Waals surface area contributed by atoms with E-state index in [1.807, 2.05) is 13.2 Å². The molecule has 0 radical (unpaired) electrons. The predicted molar refractivity (Wildman–Crippen MR) is 463 cm³/mol. The number of aliphatic hydroxyl groups is 8. The molecule has 1 aromatic carbocycles. The van der Waals surface area contributed by atoms with E-state index in [-0.39, 0.29) is 168 Å². The van der Waals surface area contributed by atoms with Gasteiger partial charge in [-0.3, -0.25) is 48.1 Å². The van der Waals surface area contributed by atoms with Crippen LogP contribution < -0.4 is 26.8 Å². The second kappa shape index (κ2) is 52.3. The number of benzene rings is 1. The number of phenols is 1. The van der Waals surface area contributed by atoms with Crippen LogP contribution in [0.25, 0.3) is 22.3 Å². The summed E-state index contributed by atoms with van der Waals surface area (Å²) in [6, 6.07) is 6.46. The van der Waals surface area contributed by atoms with Crippen molar-refractivity contribution in [1.29, 1.82) is 0 Å². The number of hydrogen-bond acceptors (Lipinski definition) is 38. The molecular formula is C88H128N10O34S. The molecule has 1 saturated carbocycles. The molecular weight excluding hydrogens is 1770 g/mol. The number of fused-ring (bicyclic) bond motifs is 5. The number of nitrogens with one attached hydrogen (secondary N) is 4. The van der Waals surface area contributed by atoms with Crippen molar-refractivity contribution in [2.75, 3.05) is 139 Å². The van der Waals surface area contributed by atoms with Gasteiger partial charge < -0.3 is 143 Å². The third-order valence-electron chi connectivity index (χ3n) is 24.6. The summed E-state index contributed by atoms with van der Waals surface area (Å²) >= 11 is 1.40. The van der Waals surface area contributed by atoms with Crippen LogP contribution in [0.3, 0.4) is 0 Å². The molecule has 1 aliphatic carbocycles. The lowest BCUT2D eigenvalue weighted by molar-refractivity contribution is -0.345.